The van der Waals surface area contributed by atoms with Crippen LogP contribution in [0.4, 0.5) is 10.1 Å². The Balaban J connectivity index is 1.81. The molecule has 0 spiro atoms. The molecule has 0 aliphatic heterocycles. The van der Waals surface area contributed by atoms with Crippen LogP contribution in [0.3, 0.4) is 0 Å². The zero-order valence-corrected chi connectivity index (χ0v) is 14.9. The Kier molecular flexibility index (Phi) is 5.02. The number of carbonyl (C=O) groups is 1. The van der Waals surface area contributed by atoms with Crippen LogP contribution < -0.4 is 10.1 Å². The highest BCUT2D eigenvalue weighted by atomic mass is 19.1. The van der Waals surface area contributed by atoms with Crippen LogP contribution in [-0.4, -0.2) is 22.8 Å². The first-order valence-electron chi connectivity index (χ1n) is 8.22. The summed E-state index contributed by atoms with van der Waals surface area (Å²) in [4.78, 5) is 12.5. The Morgan fingerprint density at radius 2 is 1.92 bits per heavy atom. The number of anilines is 1. The van der Waals surface area contributed by atoms with Gasteiger partial charge < -0.3 is 10.1 Å². The number of benzene rings is 2. The standard InChI is InChI=1S/C20H20FN3O2/c1-13-19(22-20(25)16-5-4-6-18(11-16)26-3)14(2)24(23-13)12-15-7-9-17(21)10-8-15/h4-11H,12H2,1-3H3,(H,22,25). The fourth-order valence-corrected chi connectivity index (χ4v) is 2.74. The largest absolute Gasteiger partial charge is 0.497 e. The van der Waals surface area contributed by atoms with E-state index in [1.165, 1.54) is 12.1 Å². The van der Waals surface area contributed by atoms with Crippen LogP contribution in [0.25, 0.3) is 0 Å². The zero-order valence-electron chi connectivity index (χ0n) is 14.9. The molecule has 0 aliphatic rings. The van der Waals surface area contributed by atoms with E-state index < -0.39 is 0 Å². The minimum atomic E-state index is -0.270. The zero-order chi connectivity index (χ0) is 18.7. The number of hydrogen-bond donors (Lipinski definition) is 1. The molecule has 0 radical (unpaired) electrons. The van der Waals surface area contributed by atoms with E-state index in [0.29, 0.717) is 23.5 Å². The Morgan fingerprint density at radius 3 is 2.62 bits per heavy atom. The molecule has 1 N–H and O–H groups in total. The molecular formula is C20H20FN3O2. The van der Waals surface area contributed by atoms with Gasteiger partial charge in [0.05, 0.1) is 30.7 Å². The Labute approximate surface area is 151 Å². The highest BCUT2D eigenvalue weighted by Crippen LogP contribution is 2.22. The summed E-state index contributed by atoms with van der Waals surface area (Å²) in [6.45, 7) is 4.24. The molecule has 1 aromatic heterocycles. The molecule has 26 heavy (non-hydrogen) atoms. The summed E-state index contributed by atoms with van der Waals surface area (Å²) in [5.74, 6) is 0.128. The van der Waals surface area contributed by atoms with E-state index >= 15 is 0 Å². The van der Waals surface area contributed by atoms with Crippen molar-refractivity contribution < 1.29 is 13.9 Å². The van der Waals surface area contributed by atoms with Gasteiger partial charge in [-0.05, 0) is 49.7 Å². The van der Waals surface area contributed by atoms with Gasteiger partial charge >= 0.3 is 0 Å². The number of nitrogens with zero attached hydrogens (tertiary/aromatic N) is 2. The highest BCUT2D eigenvalue weighted by molar-refractivity contribution is 6.05. The van der Waals surface area contributed by atoms with Gasteiger partial charge in [-0.3, -0.25) is 9.48 Å². The average molecular weight is 353 g/mol. The van der Waals surface area contributed by atoms with Crippen molar-refractivity contribution in [1.82, 2.24) is 9.78 Å². The number of halogens is 1. The topological polar surface area (TPSA) is 56.1 Å². The summed E-state index contributed by atoms with van der Waals surface area (Å²) in [5.41, 5.74) is 3.68. The number of methoxy groups -OCH3 is 1. The van der Waals surface area contributed by atoms with Gasteiger partial charge in [0.15, 0.2) is 0 Å². The van der Waals surface area contributed by atoms with Crippen LogP contribution in [-0.2, 0) is 6.54 Å². The molecule has 1 amide bonds. The fourth-order valence-electron chi connectivity index (χ4n) is 2.74. The number of amides is 1. The van der Waals surface area contributed by atoms with Crippen molar-refractivity contribution in [3.63, 3.8) is 0 Å². The third-order valence-corrected chi connectivity index (χ3v) is 4.20. The van der Waals surface area contributed by atoms with E-state index in [0.717, 1.165) is 17.0 Å². The van der Waals surface area contributed by atoms with Crippen LogP contribution in [0.5, 0.6) is 5.75 Å². The van der Waals surface area contributed by atoms with E-state index in [9.17, 15) is 9.18 Å². The predicted molar refractivity (Wildman–Crippen MR) is 98.2 cm³/mol. The first kappa shape index (κ1) is 17.7. The maximum atomic E-state index is 13.1. The van der Waals surface area contributed by atoms with Crippen molar-refractivity contribution in [2.45, 2.75) is 20.4 Å². The predicted octanol–water partition coefficient (Wildman–Crippen LogP) is 3.95. The van der Waals surface area contributed by atoms with Crippen molar-refractivity contribution in [3.05, 3.63) is 76.9 Å². The number of aryl methyl sites for hydroxylation is 1. The van der Waals surface area contributed by atoms with Crippen molar-refractivity contribution >= 4 is 11.6 Å². The Bertz CT molecular complexity index is 933. The van der Waals surface area contributed by atoms with Crippen LogP contribution >= 0.6 is 0 Å². The van der Waals surface area contributed by atoms with Gasteiger partial charge in [0.1, 0.15) is 11.6 Å². The number of hydrogen-bond acceptors (Lipinski definition) is 3. The normalized spacial score (nSPS) is 10.6. The molecule has 3 aromatic rings. The molecule has 3 rings (SSSR count). The van der Waals surface area contributed by atoms with Crippen molar-refractivity contribution in [3.8, 4) is 5.75 Å². The van der Waals surface area contributed by atoms with Gasteiger partial charge in [-0.15, -0.1) is 0 Å². The quantitative estimate of drug-likeness (QED) is 0.756. The lowest BCUT2D eigenvalue weighted by molar-refractivity contribution is 0.102. The number of aromatic nitrogens is 2. The lowest BCUT2D eigenvalue weighted by Gasteiger charge is -2.08. The molecular weight excluding hydrogens is 333 g/mol. The molecule has 0 unspecified atom stereocenters. The molecule has 134 valence electrons. The van der Waals surface area contributed by atoms with Gasteiger partial charge in [-0.25, -0.2) is 4.39 Å². The van der Waals surface area contributed by atoms with E-state index in [1.54, 1.807) is 48.2 Å². The molecule has 6 heteroatoms. The Morgan fingerprint density at radius 1 is 1.19 bits per heavy atom. The van der Waals surface area contributed by atoms with Crippen LogP contribution in [0, 0.1) is 19.7 Å². The number of rotatable bonds is 5. The van der Waals surface area contributed by atoms with Gasteiger partial charge in [-0.2, -0.15) is 5.10 Å². The molecule has 0 bridgehead atoms. The lowest BCUT2D eigenvalue weighted by atomic mass is 10.2. The van der Waals surface area contributed by atoms with Crippen molar-refractivity contribution in [2.24, 2.45) is 0 Å². The first-order valence-corrected chi connectivity index (χ1v) is 8.22. The van der Waals surface area contributed by atoms with Gasteiger partial charge in [0.2, 0.25) is 0 Å². The molecule has 5 nitrogen and oxygen atoms in total. The SMILES string of the molecule is COc1cccc(C(=O)Nc2c(C)nn(Cc3ccc(F)cc3)c2C)c1. The number of carbonyl (C=O) groups excluding carboxylic acids is 1. The molecule has 0 saturated carbocycles. The molecule has 0 atom stereocenters. The maximum absolute atomic E-state index is 13.1. The number of ether oxygens (including phenoxy) is 1. The monoisotopic (exact) mass is 353 g/mol. The lowest BCUT2D eigenvalue weighted by Crippen LogP contribution is -2.13. The molecule has 0 saturated heterocycles. The maximum Gasteiger partial charge on any atom is 0.255 e. The second-order valence-corrected chi connectivity index (χ2v) is 6.02. The van der Waals surface area contributed by atoms with Crippen molar-refractivity contribution in [2.75, 3.05) is 12.4 Å². The number of nitrogens with one attached hydrogen (secondary N) is 1. The van der Waals surface area contributed by atoms with Gasteiger partial charge in [-0.1, -0.05) is 18.2 Å². The van der Waals surface area contributed by atoms with E-state index in [-0.39, 0.29) is 11.7 Å². The highest BCUT2D eigenvalue weighted by Gasteiger charge is 2.16. The summed E-state index contributed by atoms with van der Waals surface area (Å²) in [6.07, 6.45) is 0. The van der Waals surface area contributed by atoms with Gasteiger partial charge in [0.25, 0.3) is 5.91 Å². The van der Waals surface area contributed by atoms with E-state index in [2.05, 4.69) is 10.4 Å². The summed E-state index contributed by atoms with van der Waals surface area (Å²) < 4.78 is 20.0. The summed E-state index contributed by atoms with van der Waals surface area (Å²) in [6, 6.07) is 13.3. The van der Waals surface area contributed by atoms with E-state index in [1.807, 2.05) is 13.8 Å². The Hall–Kier alpha value is -3.15. The third kappa shape index (κ3) is 3.74. The molecule has 2 aromatic carbocycles. The fraction of sp³-hybridized carbons (Fsp3) is 0.200. The smallest absolute Gasteiger partial charge is 0.255 e. The average Bonchev–Trinajstić information content (AvgIpc) is 2.91. The minimum Gasteiger partial charge on any atom is -0.497 e. The van der Waals surface area contributed by atoms with E-state index in [4.69, 9.17) is 4.74 Å². The molecule has 0 fully saturated rings. The second kappa shape index (κ2) is 7.39. The summed E-state index contributed by atoms with van der Waals surface area (Å²) in [5, 5.41) is 7.42. The molecule has 1 heterocycles. The third-order valence-electron chi connectivity index (χ3n) is 4.20. The summed E-state index contributed by atoms with van der Waals surface area (Å²) >= 11 is 0. The molecule has 0 aliphatic carbocycles. The second-order valence-electron chi connectivity index (χ2n) is 6.02. The van der Waals surface area contributed by atoms with Crippen molar-refractivity contribution in [1.29, 1.82) is 0 Å². The first-order chi connectivity index (χ1) is 12.5. The minimum absolute atomic E-state index is 0.226. The summed E-state index contributed by atoms with van der Waals surface area (Å²) in [7, 11) is 1.56. The van der Waals surface area contributed by atoms with Crippen LogP contribution in [0.1, 0.15) is 27.3 Å². The van der Waals surface area contributed by atoms with Crippen LogP contribution in [0.2, 0.25) is 0 Å². The van der Waals surface area contributed by atoms with Gasteiger partial charge in [0, 0.05) is 5.56 Å². The van der Waals surface area contributed by atoms with Crippen LogP contribution in [0.15, 0.2) is 48.5 Å².